The lowest BCUT2D eigenvalue weighted by Gasteiger charge is -2.66. The highest BCUT2D eigenvalue weighted by molar-refractivity contribution is 8.00. The molecular weight excluding hydrogens is 312 g/mol. The minimum absolute atomic E-state index is 0.256. The highest BCUT2D eigenvalue weighted by Crippen LogP contribution is 2.69. The molecule has 2 saturated carbocycles. The lowest BCUT2D eigenvalue weighted by atomic mass is 9.41. The average molecular weight is 347 g/mol. The third kappa shape index (κ3) is 2.20. The molecule has 2 unspecified atom stereocenters. The second-order valence-electron chi connectivity index (χ2n) is 10.3. The molecule has 0 amide bonds. The first-order valence-corrected chi connectivity index (χ1v) is 10.9. The Morgan fingerprint density at radius 1 is 1.04 bits per heavy atom. The van der Waals surface area contributed by atoms with Crippen molar-refractivity contribution in [1.29, 1.82) is 0 Å². The molecule has 24 heavy (non-hydrogen) atoms. The van der Waals surface area contributed by atoms with E-state index in [1.54, 1.807) is 0 Å². The van der Waals surface area contributed by atoms with Gasteiger partial charge in [0.2, 0.25) is 0 Å². The van der Waals surface area contributed by atoms with Gasteiger partial charge >= 0.3 is 0 Å². The lowest BCUT2D eigenvalue weighted by Crippen LogP contribution is -2.60. The van der Waals surface area contributed by atoms with E-state index in [0.29, 0.717) is 27.8 Å². The van der Waals surface area contributed by atoms with Crippen molar-refractivity contribution in [3.05, 3.63) is 23.5 Å². The molecule has 3 aliphatic carbocycles. The molecular formula is C22H34OS. The molecule has 0 aromatic rings. The molecule has 0 radical (unpaired) electrons. The number of aliphatic hydroxyl groups is 1. The zero-order valence-electron chi connectivity index (χ0n) is 16.1. The summed E-state index contributed by atoms with van der Waals surface area (Å²) in [6.07, 6.45) is 11.2. The van der Waals surface area contributed by atoms with Gasteiger partial charge in [-0.1, -0.05) is 45.8 Å². The van der Waals surface area contributed by atoms with Crippen molar-refractivity contribution < 1.29 is 5.11 Å². The maximum absolute atomic E-state index is 10.9. The molecule has 134 valence electrons. The Kier molecular flexibility index (Phi) is 3.78. The van der Waals surface area contributed by atoms with E-state index < -0.39 is 0 Å². The first kappa shape index (κ1) is 17.1. The second-order valence-corrected chi connectivity index (χ2v) is 11.5. The van der Waals surface area contributed by atoms with Gasteiger partial charge in [-0.3, -0.25) is 0 Å². The highest BCUT2D eigenvalue weighted by atomic mass is 32.2. The van der Waals surface area contributed by atoms with Crippen LogP contribution in [0.5, 0.6) is 0 Å². The van der Waals surface area contributed by atoms with Gasteiger partial charge in [-0.15, -0.1) is 0 Å². The van der Waals surface area contributed by atoms with Gasteiger partial charge in [-0.2, -0.15) is 11.8 Å². The minimum atomic E-state index is 0.256. The highest BCUT2D eigenvalue weighted by Gasteiger charge is 2.63. The van der Waals surface area contributed by atoms with E-state index in [0.717, 1.165) is 11.8 Å². The molecule has 0 aromatic carbocycles. The molecule has 0 bridgehead atoms. The Labute approximate surface area is 152 Å². The maximum Gasteiger partial charge on any atom is 0.0975 e. The number of hydrogen-bond donors (Lipinski definition) is 1. The van der Waals surface area contributed by atoms with Crippen molar-refractivity contribution in [2.45, 2.75) is 72.0 Å². The SMILES string of the molecule is CC1=CC2SC[C@@H]3[C@@]4(C)CCCC(C)(C)[C@@H]4CC[C@@]3(C)C2C(O)=C1. The number of rotatable bonds is 0. The molecule has 1 aliphatic heterocycles. The molecule has 4 rings (SSSR count). The molecule has 0 spiro atoms. The van der Waals surface area contributed by atoms with Crippen LogP contribution >= 0.6 is 11.8 Å². The van der Waals surface area contributed by atoms with E-state index >= 15 is 0 Å². The van der Waals surface area contributed by atoms with Crippen LogP contribution < -0.4 is 0 Å². The van der Waals surface area contributed by atoms with E-state index in [1.807, 2.05) is 6.08 Å². The normalized spacial score (nSPS) is 50.0. The molecule has 3 fully saturated rings. The monoisotopic (exact) mass is 346 g/mol. The average Bonchev–Trinajstić information content (AvgIpc) is 2.44. The van der Waals surface area contributed by atoms with E-state index in [4.69, 9.17) is 0 Å². The van der Waals surface area contributed by atoms with Crippen LogP contribution in [0.2, 0.25) is 0 Å². The van der Waals surface area contributed by atoms with Crippen molar-refractivity contribution in [3.8, 4) is 0 Å². The van der Waals surface area contributed by atoms with Gasteiger partial charge in [0, 0.05) is 11.2 Å². The summed E-state index contributed by atoms with van der Waals surface area (Å²) in [5, 5.41) is 11.3. The summed E-state index contributed by atoms with van der Waals surface area (Å²) < 4.78 is 0. The van der Waals surface area contributed by atoms with Crippen molar-refractivity contribution in [2.75, 3.05) is 5.75 Å². The smallest absolute Gasteiger partial charge is 0.0975 e. The van der Waals surface area contributed by atoms with E-state index in [2.05, 4.69) is 52.5 Å². The molecule has 1 heterocycles. The number of aliphatic hydroxyl groups excluding tert-OH is 1. The Morgan fingerprint density at radius 2 is 1.79 bits per heavy atom. The Morgan fingerprint density at radius 3 is 2.54 bits per heavy atom. The second kappa shape index (κ2) is 5.32. The van der Waals surface area contributed by atoms with E-state index in [1.165, 1.54) is 43.4 Å². The van der Waals surface area contributed by atoms with Crippen molar-refractivity contribution in [3.63, 3.8) is 0 Å². The van der Waals surface area contributed by atoms with Crippen LogP contribution in [-0.4, -0.2) is 16.1 Å². The first-order chi connectivity index (χ1) is 11.2. The van der Waals surface area contributed by atoms with Crippen LogP contribution in [0.1, 0.15) is 66.7 Å². The van der Waals surface area contributed by atoms with Crippen LogP contribution in [0.25, 0.3) is 0 Å². The largest absolute Gasteiger partial charge is 0.512 e. The molecule has 6 atom stereocenters. The maximum atomic E-state index is 10.9. The van der Waals surface area contributed by atoms with E-state index in [9.17, 15) is 5.11 Å². The van der Waals surface area contributed by atoms with Crippen LogP contribution in [0.3, 0.4) is 0 Å². The predicted octanol–water partition coefficient (Wildman–Crippen LogP) is 6.37. The van der Waals surface area contributed by atoms with Gasteiger partial charge in [-0.05, 0) is 72.5 Å². The quantitative estimate of drug-likeness (QED) is 0.550. The first-order valence-electron chi connectivity index (χ1n) is 9.89. The van der Waals surface area contributed by atoms with Crippen molar-refractivity contribution in [2.24, 2.45) is 34.0 Å². The Hall–Kier alpha value is -0.370. The van der Waals surface area contributed by atoms with Gasteiger partial charge < -0.3 is 5.11 Å². The van der Waals surface area contributed by atoms with Crippen LogP contribution in [0, 0.1) is 34.0 Å². The molecule has 4 aliphatic rings. The third-order valence-electron chi connectivity index (χ3n) is 8.46. The summed E-state index contributed by atoms with van der Waals surface area (Å²) in [6.45, 7) is 12.3. The van der Waals surface area contributed by atoms with Crippen molar-refractivity contribution >= 4 is 11.8 Å². The molecule has 1 N–H and O–H groups in total. The fourth-order valence-electron chi connectivity index (χ4n) is 7.40. The topological polar surface area (TPSA) is 20.2 Å². The lowest BCUT2D eigenvalue weighted by molar-refractivity contribution is -0.138. The number of hydrogen-bond acceptors (Lipinski definition) is 2. The summed E-state index contributed by atoms with van der Waals surface area (Å²) in [6, 6.07) is 0. The summed E-state index contributed by atoms with van der Waals surface area (Å²) in [5.74, 6) is 3.85. The molecule has 2 heteroatoms. The number of thioether (sulfide) groups is 1. The Balaban J connectivity index is 1.74. The van der Waals surface area contributed by atoms with E-state index in [-0.39, 0.29) is 5.41 Å². The fourth-order valence-corrected chi connectivity index (χ4v) is 9.53. The van der Waals surface area contributed by atoms with Gasteiger partial charge in [0.05, 0.1) is 5.76 Å². The van der Waals surface area contributed by atoms with Crippen LogP contribution in [-0.2, 0) is 0 Å². The summed E-state index contributed by atoms with van der Waals surface area (Å²) in [5.41, 5.74) is 2.42. The van der Waals surface area contributed by atoms with Gasteiger partial charge in [0.25, 0.3) is 0 Å². The zero-order chi connectivity index (χ0) is 17.3. The van der Waals surface area contributed by atoms with Gasteiger partial charge in [-0.25, -0.2) is 0 Å². The van der Waals surface area contributed by atoms with Crippen LogP contribution in [0.4, 0.5) is 0 Å². The molecule has 0 aromatic heterocycles. The van der Waals surface area contributed by atoms with Crippen LogP contribution in [0.15, 0.2) is 23.5 Å². The van der Waals surface area contributed by atoms with Gasteiger partial charge in [0.15, 0.2) is 0 Å². The third-order valence-corrected chi connectivity index (χ3v) is 9.77. The standard InChI is InChI=1S/C22H34OS/c1-14-11-15(23)19-16(12-14)24-13-18-21(4)9-6-8-20(2,3)17(21)7-10-22(18,19)5/h11-12,16-19,23H,6-10,13H2,1-5H3/t16?,17-,18+,19?,21-,22+/m0/s1. The number of fused-ring (bicyclic) bond motifs is 5. The number of allylic oxidation sites excluding steroid dienone is 3. The minimum Gasteiger partial charge on any atom is -0.512 e. The molecule has 1 saturated heterocycles. The molecule has 1 nitrogen and oxygen atoms in total. The fraction of sp³-hybridized carbons (Fsp3) is 0.818. The summed E-state index contributed by atoms with van der Waals surface area (Å²) >= 11 is 2.12. The predicted molar refractivity (Wildman–Crippen MR) is 104 cm³/mol. The summed E-state index contributed by atoms with van der Waals surface area (Å²) in [7, 11) is 0. The van der Waals surface area contributed by atoms with Crippen molar-refractivity contribution in [1.82, 2.24) is 0 Å². The Bertz CT molecular complexity index is 603. The zero-order valence-corrected chi connectivity index (χ0v) is 16.9. The van der Waals surface area contributed by atoms with Gasteiger partial charge in [0.1, 0.15) is 0 Å². The summed E-state index contributed by atoms with van der Waals surface area (Å²) in [4.78, 5) is 0.